The van der Waals surface area contributed by atoms with E-state index in [0.717, 1.165) is 6.54 Å². The van der Waals surface area contributed by atoms with Crippen LogP contribution in [0.3, 0.4) is 0 Å². The Morgan fingerprint density at radius 3 is 2.77 bits per heavy atom. The highest BCUT2D eigenvalue weighted by Gasteiger charge is 2.38. The molecule has 0 aromatic carbocycles. The average Bonchev–Trinajstić information content (AvgIpc) is 2.44. The monoisotopic (exact) mass is 259 g/mol. The maximum Gasteiger partial charge on any atom is 0.0285 e. The lowest BCUT2D eigenvalue weighted by Gasteiger charge is -2.41. The highest BCUT2D eigenvalue weighted by atomic mass is 79.9. The normalized spacial score (nSPS) is 19.8. The Labute approximate surface area is 91.7 Å². The van der Waals surface area contributed by atoms with Crippen molar-refractivity contribution in [3.05, 3.63) is 20.8 Å². The Bertz CT molecular complexity index is 291. The first-order chi connectivity index (χ1) is 6.27. The third kappa shape index (κ3) is 1.69. The van der Waals surface area contributed by atoms with Crippen molar-refractivity contribution in [3.8, 4) is 0 Å². The van der Waals surface area contributed by atoms with Crippen LogP contribution in [0.5, 0.6) is 0 Å². The van der Waals surface area contributed by atoms with Crippen LogP contribution >= 0.6 is 27.3 Å². The number of thiophene rings is 1. The lowest BCUT2D eigenvalue weighted by atomic mass is 9.68. The molecule has 0 spiro atoms. The number of halogens is 1. The molecule has 0 saturated heterocycles. The van der Waals surface area contributed by atoms with E-state index in [1.807, 2.05) is 18.4 Å². The van der Waals surface area contributed by atoms with Crippen LogP contribution in [0, 0.1) is 0 Å². The van der Waals surface area contributed by atoms with Gasteiger partial charge in [-0.05, 0) is 41.9 Å². The second kappa shape index (κ2) is 3.71. The van der Waals surface area contributed by atoms with Crippen LogP contribution in [-0.4, -0.2) is 13.6 Å². The second-order valence-corrected chi connectivity index (χ2v) is 5.62. The molecule has 3 heteroatoms. The maximum absolute atomic E-state index is 3.52. The lowest BCUT2D eigenvalue weighted by molar-refractivity contribution is 0.244. The van der Waals surface area contributed by atoms with E-state index in [4.69, 9.17) is 0 Å². The number of nitrogens with one attached hydrogen (secondary N) is 1. The van der Waals surface area contributed by atoms with E-state index in [1.165, 1.54) is 23.7 Å². The van der Waals surface area contributed by atoms with Crippen LogP contribution in [0.25, 0.3) is 0 Å². The van der Waals surface area contributed by atoms with Crippen molar-refractivity contribution < 1.29 is 0 Å². The Kier molecular flexibility index (Phi) is 2.77. The predicted molar refractivity (Wildman–Crippen MR) is 61.5 cm³/mol. The molecule has 1 aromatic rings. The van der Waals surface area contributed by atoms with E-state index in [1.54, 1.807) is 4.88 Å². The van der Waals surface area contributed by atoms with Crippen molar-refractivity contribution in [1.29, 1.82) is 0 Å². The summed E-state index contributed by atoms with van der Waals surface area (Å²) in [5.41, 5.74) is 0.464. The molecule has 0 radical (unpaired) electrons. The van der Waals surface area contributed by atoms with Gasteiger partial charge >= 0.3 is 0 Å². The summed E-state index contributed by atoms with van der Waals surface area (Å²) < 4.78 is 1.23. The largest absolute Gasteiger partial charge is 0.319 e. The second-order valence-electron chi connectivity index (χ2n) is 3.79. The first-order valence-corrected chi connectivity index (χ1v) is 6.33. The zero-order chi connectivity index (χ0) is 9.31. The van der Waals surface area contributed by atoms with Gasteiger partial charge < -0.3 is 5.32 Å². The van der Waals surface area contributed by atoms with E-state index in [0.29, 0.717) is 5.41 Å². The Balaban J connectivity index is 2.21. The predicted octanol–water partition coefficient (Wildman–Crippen LogP) is 3.15. The molecule has 1 aliphatic carbocycles. The number of hydrogen-bond acceptors (Lipinski definition) is 2. The third-order valence-corrected chi connectivity index (χ3v) is 4.85. The molecule has 72 valence electrons. The van der Waals surface area contributed by atoms with Crippen LogP contribution in [0.4, 0.5) is 0 Å². The summed E-state index contributed by atoms with van der Waals surface area (Å²) in [4.78, 5) is 1.54. The van der Waals surface area contributed by atoms with Crippen molar-refractivity contribution in [2.45, 2.75) is 24.7 Å². The zero-order valence-electron chi connectivity index (χ0n) is 7.77. The quantitative estimate of drug-likeness (QED) is 0.880. The van der Waals surface area contributed by atoms with Gasteiger partial charge in [-0.1, -0.05) is 6.42 Å². The Morgan fingerprint density at radius 2 is 2.38 bits per heavy atom. The van der Waals surface area contributed by atoms with Crippen LogP contribution in [-0.2, 0) is 5.41 Å². The van der Waals surface area contributed by atoms with E-state index >= 15 is 0 Å². The van der Waals surface area contributed by atoms with Gasteiger partial charge in [0.25, 0.3) is 0 Å². The fraction of sp³-hybridized carbons (Fsp3) is 0.600. The maximum atomic E-state index is 3.52. The number of hydrogen-bond donors (Lipinski definition) is 1. The molecule has 0 unspecified atom stereocenters. The summed E-state index contributed by atoms with van der Waals surface area (Å²) in [6, 6.07) is 2.28. The van der Waals surface area contributed by atoms with Gasteiger partial charge in [-0.15, -0.1) is 11.3 Å². The van der Waals surface area contributed by atoms with Gasteiger partial charge in [0.05, 0.1) is 0 Å². The smallest absolute Gasteiger partial charge is 0.0285 e. The van der Waals surface area contributed by atoms with Crippen LogP contribution in [0.2, 0.25) is 0 Å². The molecule has 1 saturated carbocycles. The van der Waals surface area contributed by atoms with Crippen LogP contribution in [0.1, 0.15) is 24.1 Å². The van der Waals surface area contributed by atoms with E-state index in [9.17, 15) is 0 Å². The summed E-state index contributed by atoms with van der Waals surface area (Å²) in [7, 11) is 2.04. The third-order valence-electron chi connectivity index (χ3n) is 2.92. The van der Waals surface area contributed by atoms with Crippen molar-refractivity contribution >= 4 is 27.3 Å². The molecule has 0 atom stereocenters. The molecule has 0 aliphatic heterocycles. The van der Waals surface area contributed by atoms with Crippen molar-refractivity contribution in [2.24, 2.45) is 0 Å². The SMILES string of the molecule is CNCC1(c2cc(Br)cs2)CCC1. The summed E-state index contributed by atoms with van der Waals surface area (Å²) in [6.45, 7) is 1.12. The van der Waals surface area contributed by atoms with Gasteiger partial charge in [-0.2, -0.15) is 0 Å². The van der Waals surface area contributed by atoms with Gasteiger partial charge in [-0.3, -0.25) is 0 Å². The molecule has 0 amide bonds. The van der Waals surface area contributed by atoms with Gasteiger partial charge in [0.2, 0.25) is 0 Å². The zero-order valence-corrected chi connectivity index (χ0v) is 10.2. The van der Waals surface area contributed by atoms with E-state index in [-0.39, 0.29) is 0 Å². The van der Waals surface area contributed by atoms with Crippen molar-refractivity contribution in [1.82, 2.24) is 5.32 Å². The summed E-state index contributed by atoms with van der Waals surface area (Å²) in [5, 5.41) is 5.50. The highest BCUT2D eigenvalue weighted by molar-refractivity contribution is 9.10. The topological polar surface area (TPSA) is 12.0 Å². The van der Waals surface area contributed by atoms with Gasteiger partial charge in [0, 0.05) is 26.7 Å². The van der Waals surface area contributed by atoms with Crippen molar-refractivity contribution in [3.63, 3.8) is 0 Å². The molecular formula is C10H14BrNS. The molecule has 1 fully saturated rings. The fourth-order valence-electron chi connectivity index (χ4n) is 2.04. The summed E-state index contributed by atoms with van der Waals surface area (Å²) in [6.07, 6.45) is 4.08. The standard InChI is InChI=1S/C10H14BrNS/c1-12-7-10(3-2-4-10)9-5-8(11)6-13-9/h5-6,12H,2-4,7H2,1H3. The number of rotatable bonds is 3. The fourth-order valence-corrected chi connectivity index (χ4v) is 3.73. The van der Waals surface area contributed by atoms with Crippen LogP contribution in [0.15, 0.2) is 15.9 Å². The van der Waals surface area contributed by atoms with Crippen molar-refractivity contribution in [2.75, 3.05) is 13.6 Å². The van der Waals surface area contributed by atoms with Gasteiger partial charge in [0.15, 0.2) is 0 Å². The minimum absolute atomic E-state index is 0.464. The van der Waals surface area contributed by atoms with Crippen LogP contribution < -0.4 is 5.32 Å². The lowest BCUT2D eigenvalue weighted by Crippen LogP contribution is -2.42. The first-order valence-electron chi connectivity index (χ1n) is 4.66. The first kappa shape index (κ1) is 9.69. The Hall–Kier alpha value is 0.140. The van der Waals surface area contributed by atoms with E-state index in [2.05, 4.69) is 32.7 Å². The molecule has 2 rings (SSSR count). The molecule has 1 aromatic heterocycles. The molecule has 13 heavy (non-hydrogen) atoms. The molecular weight excluding hydrogens is 246 g/mol. The number of likely N-dealkylation sites (N-methyl/N-ethyl adjacent to an activating group) is 1. The minimum atomic E-state index is 0.464. The molecule has 1 aliphatic rings. The molecule has 1 N–H and O–H groups in total. The molecule has 0 bridgehead atoms. The summed E-state index contributed by atoms with van der Waals surface area (Å²) in [5.74, 6) is 0. The van der Waals surface area contributed by atoms with Gasteiger partial charge in [-0.25, -0.2) is 0 Å². The molecule has 1 nitrogen and oxygen atoms in total. The van der Waals surface area contributed by atoms with Gasteiger partial charge in [0.1, 0.15) is 0 Å². The molecule has 1 heterocycles. The highest BCUT2D eigenvalue weighted by Crippen LogP contribution is 2.46. The average molecular weight is 260 g/mol. The van der Waals surface area contributed by atoms with E-state index < -0.39 is 0 Å². The minimum Gasteiger partial charge on any atom is -0.319 e. The Morgan fingerprint density at radius 1 is 1.62 bits per heavy atom. The summed E-state index contributed by atoms with van der Waals surface area (Å²) >= 11 is 5.40.